The van der Waals surface area contributed by atoms with Crippen LogP contribution in [0.2, 0.25) is 0 Å². The number of pyridine rings is 1. The van der Waals surface area contributed by atoms with E-state index in [1.807, 2.05) is 12.3 Å². The largest absolute Gasteiger partial charge is 2.00 e. The molecule has 0 atom stereocenters. The SMILES string of the molecule is Cc1ccnc(-n2c3[c-]c(Sc4[c-]c(N5CN(C)c6ccccc65)ccc4)ccc3c3ccccc32)c1.[Pt+2]. The van der Waals surface area contributed by atoms with Crippen LogP contribution < -0.4 is 9.80 Å². The monoisotopic (exact) mass is 691 g/mol. The van der Waals surface area contributed by atoms with Gasteiger partial charge >= 0.3 is 21.1 Å². The van der Waals surface area contributed by atoms with Crippen LogP contribution in [0.15, 0.2) is 107 Å². The number of para-hydroxylation sites is 3. The van der Waals surface area contributed by atoms with Gasteiger partial charge in [-0.3, -0.25) is 0 Å². The van der Waals surface area contributed by atoms with Gasteiger partial charge in [0, 0.05) is 18.8 Å². The Balaban J connectivity index is 0.00000264. The Hall–Kier alpha value is -3.53. The molecule has 0 saturated carbocycles. The van der Waals surface area contributed by atoms with Crippen molar-refractivity contribution in [1.82, 2.24) is 9.55 Å². The zero-order valence-corrected chi connectivity index (χ0v) is 24.0. The fourth-order valence-electron chi connectivity index (χ4n) is 5.17. The van der Waals surface area contributed by atoms with Crippen molar-refractivity contribution >= 4 is 50.6 Å². The van der Waals surface area contributed by atoms with Gasteiger partial charge in [-0.2, -0.15) is 24.3 Å². The third-order valence-electron chi connectivity index (χ3n) is 6.89. The number of aromatic nitrogens is 2. The van der Waals surface area contributed by atoms with Gasteiger partial charge in [-0.05, 0) is 48.2 Å². The minimum atomic E-state index is 0. The molecule has 6 aromatic rings. The van der Waals surface area contributed by atoms with Crippen LogP contribution in [0.25, 0.3) is 27.6 Å². The number of anilines is 3. The zero-order chi connectivity index (χ0) is 24.9. The second kappa shape index (κ2) is 9.98. The number of rotatable bonds is 4. The first-order chi connectivity index (χ1) is 18.2. The summed E-state index contributed by atoms with van der Waals surface area (Å²) in [7, 11) is 2.13. The van der Waals surface area contributed by atoms with Gasteiger partial charge in [0.15, 0.2) is 0 Å². The molecule has 0 amide bonds. The molecule has 38 heavy (non-hydrogen) atoms. The summed E-state index contributed by atoms with van der Waals surface area (Å²) in [4.78, 5) is 11.4. The van der Waals surface area contributed by atoms with Crippen molar-refractivity contribution in [3.8, 4) is 5.82 Å². The fraction of sp³-hybridized carbons (Fsp3) is 0.0938. The molecule has 0 radical (unpaired) electrons. The molecule has 0 bridgehead atoms. The quantitative estimate of drug-likeness (QED) is 0.176. The summed E-state index contributed by atoms with van der Waals surface area (Å²) in [6, 6.07) is 39.3. The second-order valence-electron chi connectivity index (χ2n) is 9.39. The van der Waals surface area contributed by atoms with E-state index in [0.717, 1.165) is 39.0 Å². The average Bonchev–Trinajstić information content (AvgIpc) is 3.43. The maximum atomic E-state index is 4.70. The standard InChI is InChI=1S/C32H24N4S.Pt/c1-22-16-17-33-32(18-22)36-28-11-4-3-10-26(28)27-15-14-25(20-31(27)36)37-24-9-7-8-23(19-24)35-21-34(2)29-12-5-6-13-30(29)35;/h3-18H,21H2,1-2H3;/q-2;+2. The molecule has 4 aromatic carbocycles. The smallest absolute Gasteiger partial charge is 0.355 e. The number of hydrogen-bond donors (Lipinski definition) is 0. The number of fused-ring (bicyclic) bond motifs is 4. The van der Waals surface area contributed by atoms with Gasteiger partial charge in [0.05, 0.1) is 18.0 Å². The molecule has 4 nitrogen and oxygen atoms in total. The number of hydrogen-bond acceptors (Lipinski definition) is 4. The van der Waals surface area contributed by atoms with Gasteiger partial charge in [-0.25, -0.2) is 4.98 Å². The summed E-state index contributed by atoms with van der Waals surface area (Å²) in [5.41, 5.74) is 6.88. The molecule has 188 valence electrons. The summed E-state index contributed by atoms with van der Waals surface area (Å²) >= 11 is 1.69. The van der Waals surface area contributed by atoms with Crippen LogP contribution >= 0.6 is 11.8 Å². The van der Waals surface area contributed by atoms with Gasteiger partial charge < -0.3 is 14.4 Å². The van der Waals surface area contributed by atoms with Crippen LogP contribution in [-0.2, 0) is 21.1 Å². The molecule has 1 aliphatic heterocycles. The second-order valence-corrected chi connectivity index (χ2v) is 10.5. The predicted molar refractivity (Wildman–Crippen MR) is 153 cm³/mol. The predicted octanol–water partition coefficient (Wildman–Crippen LogP) is 7.78. The Morgan fingerprint density at radius 1 is 0.789 bits per heavy atom. The van der Waals surface area contributed by atoms with Crippen LogP contribution in [0.5, 0.6) is 0 Å². The van der Waals surface area contributed by atoms with E-state index in [-0.39, 0.29) is 21.1 Å². The van der Waals surface area contributed by atoms with Crippen LogP contribution in [0.1, 0.15) is 5.56 Å². The summed E-state index contributed by atoms with van der Waals surface area (Å²) in [5.74, 6) is 0.912. The van der Waals surface area contributed by atoms with Crippen molar-refractivity contribution in [3.63, 3.8) is 0 Å². The van der Waals surface area contributed by atoms with Crippen molar-refractivity contribution in [1.29, 1.82) is 0 Å². The maximum absolute atomic E-state index is 4.70. The molecule has 0 unspecified atom stereocenters. The molecule has 1 aliphatic rings. The number of aryl methyl sites for hydroxylation is 1. The van der Waals surface area contributed by atoms with Gasteiger partial charge in [0.2, 0.25) is 0 Å². The van der Waals surface area contributed by atoms with Crippen LogP contribution in [0.4, 0.5) is 17.1 Å². The topological polar surface area (TPSA) is 24.3 Å². The normalized spacial score (nSPS) is 12.7. The van der Waals surface area contributed by atoms with E-state index in [2.05, 4.69) is 125 Å². The van der Waals surface area contributed by atoms with Crippen LogP contribution in [0, 0.1) is 19.1 Å². The third kappa shape index (κ3) is 4.20. The maximum Gasteiger partial charge on any atom is 2.00 e. The van der Waals surface area contributed by atoms with Gasteiger partial charge in [-0.1, -0.05) is 41.5 Å². The molecule has 0 saturated heterocycles. The van der Waals surface area contributed by atoms with Gasteiger partial charge in [-0.15, -0.1) is 45.1 Å². The zero-order valence-electron chi connectivity index (χ0n) is 21.0. The van der Waals surface area contributed by atoms with E-state index in [1.165, 1.54) is 27.7 Å². The van der Waals surface area contributed by atoms with Crippen molar-refractivity contribution < 1.29 is 21.1 Å². The van der Waals surface area contributed by atoms with Gasteiger partial charge in [0.1, 0.15) is 5.82 Å². The molecular weight excluding hydrogens is 668 g/mol. The van der Waals surface area contributed by atoms with Gasteiger partial charge in [0.25, 0.3) is 0 Å². The first kappa shape index (κ1) is 24.8. The number of nitrogens with zero attached hydrogens (tertiary/aromatic N) is 4. The molecule has 0 spiro atoms. The summed E-state index contributed by atoms with van der Waals surface area (Å²) < 4.78 is 2.22. The first-order valence-electron chi connectivity index (χ1n) is 12.3. The Morgan fingerprint density at radius 2 is 1.58 bits per heavy atom. The van der Waals surface area contributed by atoms with E-state index in [9.17, 15) is 0 Å². The van der Waals surface area contributed by atoms with Crippen molar-refractivity contribution in [2.45, 2.75) is 16.7 Å². The summed E-state index contributed by atoms with van der Waals surface area (Å²) in [6.07, 6.45) is 1.87. The molecule has 2 aromatic heterocycles. The van der Waals surface area contributed by atoms with Crippen molar-refractivity contribution in [2.75, 3.05) is 23.5 Å². The first-order valence-corrected chi connectivity index (χ1v) is 13.1. The Kier molecular flexibility index (Phi) is 6.51. The summed E-state index contributed by atoms with van der Waals surface area (Å²) in [6.45, 7) is 2.91. The Labute approximate surface area is 241 Å². The molecule has 0 aliphatic carbocycles. The number of benzene rings is 4. The molecule has 3 heterocycles. The van der Waals surface area contributed by atoms with Crippen LogP contribution in [-0.4, -0.2) is 23.3 Å². The van der Waals surface area contributed by atoms with E-state index in [0.29, 0.717) is 0 Å². The molecule has 6 heteroatoms. The van der Waals surface area contributed by atoms with Crippen molar-refractivity contribution in [2.24, 2.45) is 0 Å². The van der Waals surface area contributed by atoms with E-state index in [1.54, 1.807) is 11.8 Å². The fourth-order valence-corrected chi connectivity index (χ4v) is 5.99. The summed E-state index contributed by atoms with van der Waals surface area (Å²) in [5, 5.41) is 2.39. The van der Waals surface area contributed by atoms with E-state index >= 15 is 0 Å². The van der Waals surface area contributed by atoms with Crippen molar-refractivity contribution in [3.05, 3.63) is 115 Å². The molecule has 7 rings (SSSR count). The minimum Gasteiger partial charge on any atom is -0.355 e. The minimum absolute atomic E-state index is 0. The Morgan fingerprint density at radius 3 is 2.45 bits per heavy atom. The molecular formula is C32H24N4PtS. The van der Waals surface area contributed by atoms with Crippen LogP contribution in [0.3, 0.4) is 0 Å². The van der Waals surface area contributed by atoms with E-state index < -0.39 is 0 Å². The third-order valence-corrected chi connectivity index (χ3v) is 7.80. The molecule has 0 N–H and O–H groups in total. The molecule has 0 fully saturated rings. The average molecular weight is 692 g/mol. The Bertz CT molecular complexity index is 1790. The van der Waals surface area contributed by atoms with E-state index in [4.69, 9.17) is 4.98 Å².